The summed E-state index contributed by atoms with van der Waals surface area (Å²) in [5.74, 6) is 1.47. The van der Waals surface area contributed by atoms with Gasteiger partial charge in [-0.2, -0.15) is 0 Å². The first-order valence-electron chi connectivity index (χ1n) is 6.48. The predicted molar refractivity (Wildman–Crippen MR) is 82.2 cm³/mol. The lowest BCUT2D eigenvalue weighted by molar-refractivity contribution is 0.271. The lowest BCUT2D eigenvalue weighted by Crippen LogP contribution is -2.04. The highest BCUT2D eigenvalue weighted by atomic mass is 32.1. The normalized spacial score (nSPS) is 10.8. The number of ether oxygens (including phenoxy) is 1. The van der Waals surface area contributed by atoms with Crippen LogP contribution < -0.4 is 10.1 Å². The Morgan fingerprint density at radius 1 is 1.26 bits per heavy atom. The molecule has 0 aliphatic rings. The quantitative estimate of drug-likeness (QED) is 0.889. The molecule has 0 amide bonds. The van der Waals surface area contributed by atoms with Crippen LogP contribution in [0.3, 0.4) is 0 Å². The molecule has 0 radical (unpaired) electrons. The summed E-state index contributed by atoms with van der Waals surface area (Å²) in [6.45, 7) is 7.08. The molecule has 2 rings (SSSR count). The Morgan fingerprint density at radius 2 is 1.95 bits per heavy atom. The smallest absolute Gasteiger partial charge is 0.183 e. The van der Waals surface area contributed by atoms with E-state index in [4.69, 9.17) is 4.74 Å². The highest BCUT2D eigenvalue weighted by molar-refractivity contribution is 7.19. The van der Waals surface area contributed by atoms with Crippen molar-refractivity contribution in [1.29, 1.82) is 0 Å². The Hall–Kier alpha value is -1.55. The van der Waals surface area contributed by atoms with E-state index < -0.39 is 0 Å². The summed E-state index contributed by atoms with van der Waals surface area (Å²) in [7, 11) is 1.89. The number of aryl methyl sites for hydroxylation is 1. The highest BCUT2D eigenvalue weighted by Crippen LogP contribution is 2.33. The van der Waals surface area contributed by atoms with Crippen molar-refractivity contribution in [3.63, 3.8) is 0 Å². The van der Waals surface area contributed by atoms with Crippen LogP contribution in [0.15, 0.2) is 24.3 Å². The molecular weight excluding hydrogens is 256 g/mol. The number of hydrogen-bond acceptors (Lipinski definition) is 4. The Morgan fingerprint density at radius 3 is 2.47 bits per heavy atom. The average molecular weight is 276 g/mol. The van der Waals surface area contributed by atoms with E-state index in [1.54, 1.807) is 11.3 Å². The van der Waals surface area contributed by atoms with Crippen LogP contribution >= 0.6 is 11.3 Å². The summed E-state index contributed by atoms with van der Waals surface area (Å²) in [5, 5.41) is 4.04. The minimum Gasteiger partial charge on any atom is -0.493 e. The molecule has 1 heterocycles. The van der Waals surface area contributed by atoms with Crippen LogP contribution in [0, 0.1) is 12.8 Å². The van der Waals surface area contributed by atoms with Gasteiger partial charge in [-0.05, 0) is 42.7 Å². The maximum Gasteiger partial charge on any atom is 0.183 e. The average Bonchev–Trinajstić information content (AvgIpc) is 2.78. The van der Waals surface area contributed by atoms with Crippen LogP contribution in [0.5, 0.6) is 5.75 Å². The topological polar surface area (TPSA) is 34.2 Å². The number of thiazole rings is 1. The molecule has 1 N–H and O–H groups in total. The molecule has 0 aliphatic heterocycles. The summed E-state index contributed by atoms with van der Waals surface area (Å²) in [6.07, 6.45) is 0. The zero-order valence-electron chi connectivity index (χ0n) is 11.9. The first kappa shape index (κ1) is 13.9. The predicted octanol–water partition coefficient (Wildman–Crippen LogP) is 4.20. The Kier molecular flexibility index (Phi) is 4.43. The fourth-order valence-corrected chi connectivity index (χ4v) is 2.66. The zero-order valence-corrected chi connectivity index (χ0v) is 12.7. The van der Waals surface area contributed by atoms with Crippen LogP contribution in [-0.2, 0) is 0 Å². The van der Waals surface area contributed by atoms with Crippen molar-refractivity contribution in [3.8, 4) is 16.2 Å². The number of rotatable bonds is 5. The van der Waals surface area contributed by atoms with Crippen LogP contribution in [0.2, 0.25) is 0 Å². The fourth-order valence-electron chi connectivity index (χ4n) is 1.74. The number of benzene rings is 1. The maximum absolute atomic E-state index is 5.69. The van der Waals surface area contributed by atoms with Gasteiger partial charge in [0.2, 0.25) is 0 Å². The molecule has 0 bridgehead atoms. The molecular formula is C15H20N2OS. The molecule has 1 aromatic carbocycles. The van der Waals surface area contributed by atoms with Crippen molar-refractivity contribution in [3.05, 3.63) is 30.0 Å². The second kappa shape index (κ2) is 6.06. The first-order valence-corrected chi connectivity index (χ1v) is 7.30. The molecule has 19 heavy (non-hydrogen) atoms. The van der Waals surface area contributed by atoms with Crippen molar-refractivity contribution >= 4 is 16.5 Å². The molecule has 2 aromatic rings. The van der Waals surface area contributed by atoms with E-state index in [0.29, 0.717) is 5.92 Å². The SMILES string of the molecule is CNc1nc(C)c(-c2ccc(OCC(C)C)cc2)s1. The molecule has 1 aromatic heterocycles. The van der Waals surface area contributed by atoms with E-state index in [0.717, 1.165) is 23.2 Å². The van der Waals surface area contributed by atoms with Gasteiger partial charge in [-0.15, -0.1) is 0 Å². The summed E-state index contributed by atoms with van der Waals surface area (Å²) in [5.41, 5.74) is 2.25. The van der Waals surface area contributed by atoms with Crippen LogP contribution in [0.1, 0.15) is 19.5 Å². The summed E-state index contributed by atoms with van der Waals surface area (Å²) >= 11 is 1.67. The molecule has 0 saturated heterocycles. The van der Waals surface area contributed by atoms with Gasteiger partial charge >= 0.3 is 0 Å². The summed E-state index contributed by atoms with van der Waals surface area (Å²) in [4.78, 5) is 5.67. The van der Waals surface area contributed by atoms with E-state index in [-0.39, 0.29) is 0 Å². The summed E-state index contributed by atoms with van der Waals surface area (Å²) in [6, 6.07) is 8.23. The molecule has 102 valence electrons. The Balaban J connectivity index is 2.15. The van der Waals surface area contributed by atoms with Crippen LogP contribution in [0.4, 0.5) is 5.13 Å². The van der Waals surface area contributed by atoms with Gasteiger partial charge in [0.05, 0.1) is 17.2 Å². The monoisotopic (exact) mass is 276 g/mol. The van der Waals surface area contributed by atoms with E-state index in [1.807, 2.05) is 26.1 Å². The Labute approximate surface area is 118 Å². The van der Waals surface area contributed by atoms with Gasteiger partial charge in [0.25, 0.3) is 0 Å². The third-order valence-corrected chi connectivity index (χ3v) is 3.93. The second-order valence-corrected chi connectivity index (χ2v) is 5.91. The van der Waals surface area contributed by atoms with Crippen LogP contribution in [-0.4, -0.2) is 18.6 Å². The highest BCUT2D eigenvalue weighted by Gasteiger charge is 2.09. The molecule has 0 unspecified atom stereocenters. The minimum absolute atomic E-state index is 0.543. The fraction of sp³-hybridized carbons (Fsp3) is 0.400. The maximum atomic E-state index is 5.69. The van der Waals surface area contributed by atoms with Crippen molar-refractivity contribution in [2.75, 3.05) is 19.0 Å². The third kappa shape index (κ3) is 3.47. The third-order valence-electron chi connectivity index (χ3n) is 2.71. The lowest BCUT2D eigenvalue weighted by atomic mass is 10.1. The molecule has 4 heteroatoms. The second-order valence-electron chi connectivity index (χ2n) is 4.91. The van der Waals surface area contributed by atoms with E-state index >= 15 is 0 Å². The minimum atomic E-state index is 0.543. The summed E-state index contributed by atoms with van der Waals surface area (Å²) < 4.78 is 5.69. The number of anilines is 1. The van der Waals surface area contributed by atoms with Gasteiger partial charge in [-0.25, -0.2) is 4.98 Å². The largest absolute Gasteiger partial charge is 0.493 e. The number of hydrogen-bond donors (Lipinski definition) is 1. The Bertz CT molecular complexity index is 532. The van der Waals surface area contributed by atoms with Crippen molar-refractivity contribution in [2.45, 2.75) is 20.8 Å². The van der Waals surface area contributed by atoms with Crippen LogP contribution in [0.25, 0.3) is 10.4 Å². The van der Waals surface area contributed by atoms with E-state index in [9.17, 15) is 0 Å². The van der Waals surface area contributed by atoms with Crippen molar-refractivity contribution < 1.29 is 4.74 Å². The van der Waals surface area contributed by atoms with E-state index in [2.05, 4.69) is 36.3 Å². The number of aromatic nitrogens is 1. The van der Waals surface area contributed by atoms with Gasteiger partial charge in [0.1, 0.15) is 5.75 Å². The first-order chi connectivity index (χ1) is 9.10. The van der Waals surface area contributed by atoms with Crippen molar-refractivity contribution in [1.82, 2.24) is 4.98 Å². The molecule has 0 saturated carbocycles. The molecule has 0 spiro atoms. The van der Waals surface area contributed by atoms with Crippen molar-refractivity contribution in [2.24, 2.45) is 5.92 Å². The van der Waals surface area contributed by atoms with Gasteiger partial charge in [-0.3, -0.25) is 0 Å². The molecule has 3 nitrogen and oxygen atoms in total. The number of nitrogens with zero attached hydrogens (tertiary/aromatic N) is 1. The van der Waals surface area contributed by atoms with Gasteiger partial charge < -0.3 is 10.1 Å². The van der Waals surface area contributed by atoms with Gasteiger partial charge in [0, 0.05) is 7.05 Å². The van der Waals surface area contributed by atoms with E-state index in [1.165, 1.54) is 10.4 Å². The molecule has 0 atom stereocenters. The lowest BCUT2D eigenvalue weighted by Gasteiger charge is -2.08. The zero-order chi connectivity index (χ0) is 13.8. The standard InChI is InChI=1S/C15H20N2OS/c1-10(2)9-18-13-7-5-12(6-8-13)14-11(3)17-15(16-4)19-14/h5-8,10H,9H2,1-4H3,(H,16,17). The van der Waals surface area contributed by atoms with Gasteiger partial charge in [0.15, 0.2) is 5.13 Å². The molecule has 0 fully saturated rings. The number of nitrogens with one attached hydrogen (secondary N) is 1. The van der Waals surface area contributed by atoms with Gasteiger partial charge in [-0.1, -0.05) is 25.2 Å². The molecule has 0 aliphatic carbocycles.